The molecule has 1 aromatic heterocycles. The monoisotopic (exact) mass is 252 g/mol. The molecule has 5 nitrogen and oxygen atoms in total. The summed E-state index contributed by atoms with van der Waals surface area (Å²) in [5.74, 6) is -0.352. The van der Waals surface area contributed by atoms with Crippen LogP contribution in [0, 0.1) is 0 Å². The summed E-state index contributed by atoms with van der Waals surface area (Å²) in [4.78, 5) is 15.2. The summed E-state index contributed by atoms with van der Waals surface area (Å²) in [5.41, 5.74) is 11.5. The van der Waals surface area contributed by atoms with Crippen LogP contribution in [0.4, 0.5) is 5.69 Å². The summed E-state index contributed by atoms with van der Waals surface area (Å²) in [7, 11) is 0. The van der Waals surface area contributed by atoms with E-state index in [0.29, 0.717) is 5.69 Å². The lowest BCUT2D eigenvalue weighted by Crippen LogP contribution is -2.36. The molecule has 0 unspecified atom stereocenters. The lowest BCUT2D eigenvalue weighted by molar-refractivity contribution is -0.118. The Morgan fingerprint density at radius 3 is 2.53 bits per heavy atom. The zero-order valence-electron chi connectivity index (χ0n) is 9.86. The highest BCUT2D eigenvalue weighted by molar-refractivity contribution is 7.80. The van der Waals surface area contributed by atoms with Crippen LogP contribution in [0.1, 0.15) is 26.0 Å². The summed E-state index contributed by atoms with van der Waals surface area (Å²) < 4.78 is 0. The molecule has 1 aromatic rings. The van der Waals surface area contributed by atoms with E-state index in [2.05, 4.69) is 10.3 Å². The lowest BCUT2D eigenvalue weighted by atomic mass is 10.00. The van der Waals surface area contributed by atoms with Gasteiger partial charge in [0.15, 0.2) is 0 Å². The molecule has 17 heavy (non-hydrogen) atoms. The Labute approximate surface area is 106 Å². The number of hydrogen-bond donors (Lipinski definition) is 3. The van der Waals surface area contributed by atoms with Crippen LogP contribution < -0.4 is 16.8 Å². The minimum atomic E-state index is -0.418. The molecule has 5 N–H and O–H groups in total. The van der Waals surface area contributed by atoms with Gasteiger partial charge in [0.1, 0.15) is 4.99 Å². The molecule has 1 heterocycles. The number of primary amides is 1. The molecule has 1 amide bonds. The van der Waals surface area contributed by atoms with Gasteiger partial charge >= 0.3 is 0 Å². The van der Waals surface area contributed by atoms with E-state index in [9.17, 15) is 4.79 Å². The zero-order valence-corrected chi connectivity index (χ0v) is 10.7. The average Bonchev–Trinajstić information content (AvgIpc) is 2.15. The first-order valence-electron chi connectivity index (χ1n) is 5.12. The van der Waals surface area contributed by atoms with Crippen LogP contribution >= 0.6 is 12.2 Å². The van der Waals surface area contributed by atoms with Crippen LogP contribution in [-0.4, -0.2) is 21.4 Å². The fraction of sp³-hybridized carbons (Fsp3) is 0.364. The van der Waals surface area contributed by atoms with Crippen LogP contribution in [0.2, 0.25) is 0 Å². The molecule has 0 radical (unpaired) electrons. The largest absolute Gasteiger partial charge is 0.388 e. The Morgan fingerprint density at radius 1 is 1.47 bits per heavy atom. The van der Waals surface area contributed by atoms with E-state index in [1.807, 2.05) is 19.9 Å². The molecule has 0 saturated heterocycles. The highest BCUT2D eigenvalue weighted by atomic mass is 32.1. The second kappa shape index (κ2) is 5.09. The fourth-order valence-electron chi connectivity index (χ4n) is 1.48. The van der Waals surface area contributed by atoms with Crippen molar-refractivity contribution < 1.29 is 4.79 Å². The van der Waals surface area contributed by atoms with Gasteiger partial charge in [-0.25, -0.2) is 0 Å². The van der Waals surface area contributed by atoms with E-state index in [-0.39, 0.29) is 17.3 Å². The molecule has 0 aliphatic carbocycles. The highest BCUT2D eigenvalue weighted by Crippen LogP contribution is 2.17. The van der Waals surface area contributed by atoms with Crippen molar-refractivity contribution in [2.75, 3.05) is 5.32 Å². The van der Waals surface area contributed by atoms with Gasteiger partial charge in [0.25, 0.3) is 0 Å². The first-order valence-corrected chi connectivity index (χ1v) is 5.53. The molecule has 0 atom stereocenters. The highest BCUT2D eigenvalue weighted by Gasteiger charge is 2.20. The number of anilines is 1. The summed E-state index contributed by atoms with van der Waals surface area (Å²) in [5, 5.41) is 3.17. The van der Waals surface area contributed by atoms with Gasteiger partial charge in [0.2, 0.25) is 5.91 Å². The van der Waals surface area contributed by atoms with Crippen molar-refractivity contribution in [3.8, 4) is 0 Å². The van der Waals surface area contributed by atoms with Gasteiger partial charge in [-0.15, -0.1) is 0 Å². The molecule has 0 bridgehead atoms. The Bertz CT molecular complexity index is 428. The number of pyridine rings is 1. The van der Waals surface area contributed by atoms with E-state index in [1.165, 1.54) is 0 Å². The van der Waals surface area contributed by atoms with Crippen molar-refractivity contribution in [3.63, 3.8) is 0 Å². The van der Waals surface area contributed by atoms with Crippen LogP contribution in [-0.2, 0) is 4.79 Å². The van der Waals surface area contributed by atoms with Gasteiger partial charge in [-0.3, -0.25) is 9.78 Å². The second-order valence-corrected chi connectivity index (χ2v) is 4.89. The Morgan fingerprint density at radius 2 is 2.12 bits per heavy atom. The van der Waals surface area contributed by atoms with Crippen LogP contribution in [0.15, 0.2) is 18.3 Å². The van der Waals surface area contributed by atoms with Crippen molar-refractivity contribution in [2.24, 2.45) is 11.5 Å². The Hall–Kier alpha value is -1.69. The summed E-state index contributed by atoms with van der Waals surface area (Å²) in [6.45, 7) is 3.78. The molecular weight excluding hydrogens is 236 g/mol. The Balaban J connectivity index is 2.75. The lowest BCUT2D eigenvalue weighted by Gasteiger charge is -2.25. The average molecular weight is 252 g/mol. The van der Waals surface area contributed by atoms with Gasteiger partial charge in [0.05, 0.1) is 17.6 Å². The van der Waals surface area contributed by atoms with E-state index in [0.717, 1.165) is 5.69 Å². The van der Waals surface area contributed by atoms with Gasteiger partial charge in [-0.2, -0.15) is 0 Å². The minimum Gasteiger partial charge on any atom is -0.388 e. The van der Waals surface area contributed by atoms with Crippen LogP contribution in [0.25, 0.3) is 0 Å². The first-order chi connectivity index (χ1) is 7.80. The van der Waals surface area contributed by atoms with Crippen molar-refractivity contribution >= 4 is 28.8 Å². The first kappa shape index (κ1) is 13.4. The van der Waals surface area contributed by atoms with Gasteiger partial charge in [-0.05, 0) is 26.0 Å². The van der Waals surface area contributed by atoms with Crippen molar-refractivity contribution in [2.45, 2.75) is 25.8 Å². The third-order valence-electron chi connectivity index (χ3n) is 2.11. The quantitative estimate of drug-likeness (QED) is 0.673. The van der Waals surface area contributed by atoms with Gasteiger partial charge < -0.3 is 16.8 Å². The molecule has 0 aliphatic rings. The molecule has 0 aromatic carbocycles. The van der Waals surface area contributed by atoms with Crippen LogP contribution in [0.5, 0.6) is 0 Å². The van der Waals surface area contributed by atoms with Crippen LogP contribution in [0.3, 0.4) is 0 Å². The van der Waals surface area contributed by atoms with E-state index in [1.54, 1.807) is 12.3 Å². The van der Waals surface area contributed by atoms with E-state index in [4.69, 9.17) is 23.7 Å². The number of nitrogens with zero attached hydrogens (tertiary/aromatic N) is 1. The molecule has 0 spiro atoms. The molecule has 0 saturated carbocycles. The number of thiocarbonyl (C=S) groups is 1. The van der Waals surface area contributed by atoms with Crippen molar-refractivity contribution in [1.29, 1.82) is 0 Å². The SMILES string of the molecule is CC(C)(CC(N)=O)Nc1ccc(C(N)=S)nc1. The predicted molar refractivity (Wildman–Crippen MR) is 71.6 cm³/mol. The van der Waals surface area contributed by atoms with Crippen molar-refractivity contribution in [3.05, 3.63) is 24.0 Å². The molecule has 92 valence electrons. The normalized spacial score (nSPS) is 10.9. The van der Waals surface area contributed by atoms with E-state index < -0.39 is 5.54 Å². The number of rotatable bonds is 5. The number of aromatic nitrogens is 1. The zero-order chi connectivity index (χ0) is 13.1. The molecule has 0 aliphatic heterocycles. The molecule has 1 rings (SSSR count). The summed E-state index contributed by atoms with van der Waals surface area (Å²) >= 11 is 4.81. The fourth-order valence-corrected chi connectivity index (χ4v) is 1.60. The minimum absolute atomic E-state index is 0.240. The number of nitrogens with one attached hydrogen (secondary N) is 1. The molecule has 0 fully saturated rings. The van der Waals surface area contributed by atoms with Gasteiger partial charge in [-0.1, -0.05) is 12.2 Å². The third kappa shape index (κ3) is 4.36. The van der Waals surface area contributed by atoms with Gasteiger partial charge in [0, 0.05) is 12.0 Å². The maximum Gasteiger partial charge on any atom is 0.219 e. The number of hydrogen-bond acceptors (Lipinski definition) is 4. The third-order valence-corrected chi connectivity index (χ3v) is 2.32. The maximum atomic E-state index is 10.9. The number of amides is 1. The van der Waals surface area contributed by atoms with E-state index >= 15 is 0 Å². The second-order valence-electron chi connectivity index (χ2n) is 4.45. The summed E-state index contributed by atoms with van der Waals surface area (Å²) in [6.07, 6.45) is 1.86. The topological polar surface area (TPSA) is 94.0 Å². The molecular formula is C11H16N4OS. The predicted octanol–water partition coefficient (Wildman–Crippen LogP) is 0.782. The molecule has 6 heteroatoms. The summed E-state index contributed by atoms with van der Waals surface area (Å²) in [6, 6.07) is 3.54. The Kier molecular flexibility index (Phi) is 4.01. The smallest absolute Gasteiger partial charge is 0.219 e. The maximum absolute atomic E-state index is 10.9. The van der Waals surface area contributed by atoms with Crippen molar-refractivity contribution in [1.82, 2.24) is 4.98 Å². The standard InChI is InChI=1S/C11H16N4OS/c1-11(2,5-9(12)16)15-7-3-4-8(10(13)17)14-6-7/h3-4,6,15H,5H2,1-2H3,(H2,12,16)(H2,13,17). The number of carbonyl (C=O) groups is 1. The number of nitrogens with two attached hydrogens (primary N) is 2. The number of carbonyl (C=O) groups excluding carboxylic acids is 1.